The molecule has 2 aliphatic carbocycles. The van der Waals surface area contributed by atoms with Crippen molar-refractivity contribution in [1.82, 2.24) is 0 Å². The van der Waals surface area contributed by atoms with E-state index < -0.39 is 5.60 Å². The van der Waals surface area contributed by atoms with E-state index in [1.165, 1.54) is 0 Å². The summed E-state index contributed by atoms with van der Waals surface area (Å²) in [6.07, 6.45) is 2.78. The Balaban J connectivity index is 2.08. The minimum absolute atomic E-state index is 0.00968. The molecule has 0 saturated heterocycles. The Morgan fingerprint density at radius 1 is 1.27 bits per heavy atom. The van der Waals surface area contributed by atoms with Crippen LogP contribution in [-0.2, 0) is 14.2 Å². The molecule has 4 nitrogen and oxygen atoms in total. The fourth-order valence-electron chi connectivity index (χ4n) is 4.97. The molecule has 4 heteroatoms. The third-order valence-corrected chi connectivity index (χ3v) is 6.15. The van der Waals surface area contributed by atoms with Crippen LogP contribution in [0.2, 0.25) is 0 Å². The zero-order valence-corrected chi connectivity index (χ0v) is 16.3. The fourth-order valence-corrected chi connectivity index (χ4v) is 4.97. The van der Waals surface area contributed by atoms with Gasteiger partial charge in [0.25, 0.3) is 0 Å². The van der Waals surface area contributed by atoms with Gasteiger partial charge in [0.15, 0.2) is 0 Å². The molecule has 0 amide bonds. The summed E-state index contributed by atoms with van der Waals surface area (Å²) in [5.74, 6) is 1.60. The molecule has 1 unspecified atom stereocenters. The quantitative estimate of drug-likeness (QED) is 0.560. The highest BCUT2D eigenvalue weighted by Crippen LogP contribution is 2.57. The maximum atomic E-state index is 11.5. The summed E-state index contributed by atoms with van der Waals surface area (Å²) < 4.78 is 17.9. The molecule has 0 aromatic heterocycles. The van der Waals surface area contributed by atoms with Crippen LogP contribution in [0.1, 0.15) is 46.5 Å². The molecule has 1 aliphatic heterocycles. The molecule has 26 heavy (non-hydrogen) atoms. The topological polar surface area (TPSA) is 47.9 Å². The van der Waals surface area contributed by atoms with Crippen molar-refractivity contribution in [2.75, 3.05) is 13.2 Å². The first kappa shape index (κ1) is 19.2. The Morgan fingerprint density at radius 2 is 2.00 bits per heavy atom. The molecular weight excluding hydrogens is 328 g/mol. The van der Waals surface area contributed by atoms with Gasteiger partial charge in [-0.2, -0.15) is 0 Å². The van der Waals surface area contributed by atoms with Gasteiger partial charge in [-0.25, -0.2) is 0 Å². The van der Waals surface area contributed by atoms with Gasteiger partial charge in [-0.3, -0.25) is 0 Å². The SMILES string of the molecule is C=C1CC[C@H](C(=C)C)[C@H]2[C@@H](OCC)OC3=C([C@H]12)C(O)(C(=C)OCC)CC3. The van der Waals surface area contributed by atoms with Gasteiger partial charge in [-0.1, -0.05) is 30.9 Å². The van der Waals surface area contributed by atoms with Crippen LogP contribution in [0.3, 0.4) is 0 Å². The van der Waals surface area contributed by atoms with Crippen molar-refractivity contribution in [2.24, 2.45) is 17.8 Å². The van der Waals surface area contributed by atoms with E-state index in [1.54, 1.807) is 0 Å². The van der Waals surface area contributed by atoms with Gasteiger partial charge in [-0.15, -0.1) is 0 Å². The van der Waals surface area contributed by atoms with Gasteiger partial charge >= 0.3 is 0 Å². The van der Waals surface area contributed by atoms with Crippen molar-refractivity contribution in [2.45, 2.75) is 58.3 Å². The Kier molecular flexibility index (Phi) is 5.36. The summed E-state index contributed by atoms with van der Waals surface area (Å²) >= 11 is 0. The summed E-state index contributed by atoms with van der Waals surface area (Å²) in [4.78, 5) is 0. The van der Waals surface area contributed by atoms with Crippen LogP contribution < -0.4 is 0 Å². The second-order valence-corrected chi connectivity index (χ2v) is 7.70. The van der Waals surface area contributed by atoms with E-state index in [-0.39, 0.29) is 24.0 Å². The van der Waals surface area contributed by atoms with E-state index in [9.17, 15) is 5.11 Å². The van der Waals surface area contributed by atoms with E-state index in [2.05, 4.69) is 26.7 Å². The lowest BCUT2D eigenvalue weighted by atomic mass is 9.62. The van der Waals surface area contributed by atoms with Gasteiger partial charge in [-0.05, 0) is 46.0 Å². The molecule has 3 aliphatic rings. The van der Waals surface area contributed by atoms with E-state index in [4.69, 9.17) is 14.2 Å². The third-order valence-electron chi connectivity index (χ3n) is 6.15. The maximum absolute atomic E-state index is 11.5. The van der Waals surface area contributed by atoms with Gasteiger partial charge < -0.3 is 19.3 Å². The molecule has 0 spiro atoms. The molecule has 0 bridgehead atoms. The minimum atomic E-state index is -1.19. The Labute approximate surface area is 157 Å². The van der Waals surface area contributed by atoms with Crippen LogP contribution in [-0.4, -0.2) is 30.2 Å². The monoisotopic (exact) mass is 360 g/mol. The molecular formula is C22H32O4. The van der Waals surface area contributed by atoms with Crippen molar-refractivity contribution < 1.29 is 19.3 Å². The summed E-state index contributed by atoms with van der Waals surface area (Å²) in [5.41, 5.74) is 1.98. The molecule has 3 rings (SSSR count). The summed E-state index contributed by atoms with van der Waals surface area (Å²) in [6.45, 7) is 19.6. The Morgan fingerprint density at radius 3 is 2.62 bits per heavy atom. The molecule has 0 aromatic carbocycles. The lowest BCUT2D eigenvalue weighted by Gasteiger charge is -2.49. The Bertz CT molecular complexity index is 647. The van der Waals surface area contributed by atoms with E-state index in [0.29, 0.717) is 31.8 Å². The average molecular weight is 360 g/mol. The van der Waals surface area contributed by atoms with Crippen molar-refractivity contribution in [3.63, 3.8) is 0 Å². The van der Waals surface area contributed by atoms with Gasteiger partial charge in [0.05, 0.1) is 6.61 Å². The molecule has 1 heterocycles. The standard InChI is InChI=1S/C22H32O4/c1-7-24-15(6)22(23)12-11-17-20(22)18-14(5)9-10-16(13(3)4)19(18)21(26-17)25-8-2/h16,18-19,21,23H,3,5-12H2,1-2,4H3/t16-,18-,19-,21+,22?/m1/s1. The number of rotatable bonds is 6. The summed E-state index contributed by atoms with van der Waals surface area (Å²) in [5, 5.41) is 11.5. The average Bonchev–Trinajstić information content (AvgIpc) is 2.93. The maximum Gasteiger partial charge on any atom is 0.203 e. The lowest BCUT2D eigenvalue weighted by molar-refractivity contribution is -0.179. The van der Waals surface area contributed by atoms with Crippen molar-refractivity contribution in [3.05, 3.63) is 48.0 Å². The predicted octanol–water partition coefficient (Wildman–Crippen LogP) is 4.48. The van der Waals surface area contributed by atoms with Crippen LogP contribution >= 0.6 is 0 Å². The molecule has 144 valence electrons. The van der Waals surface area contributed by atoms with Crippen LogP contribution in [0.15, 0.2) is 48.0 Å². The van der Waals surface area contributed by atoms with E-state index >= 15 is 0 Å². The zero-order chi connectivity index (χ0) is 19.1. The van der Waals surface area contributed by atoms with Crippen LogP contribution in [0.5, 0.6) is 0 Å². The van der Waals surface area contributed by atoms with Crippen LogP contribution in [0.25, 0.3) is 0 Å². The Hall–Kier alpha value is -1.52. The second kappa shape index (κ2) is 7.24. The van der Waals surface area contributed by atoms with Crippen molar-refractivity contribution in [3.8, 4) is 0 Å². The fraction of sp³-hybridized carbons (Fsp3) is 0.636. The van der Waals surface area contributed by atoms with E-state index in [1.807, 2.05) is 13.8 Å². The van der Waals surface area contributed by atoms with Crippen LogP contribution in [0, 0.1) is 17.8 Å². The highest BCUT2D eigenvalue weighted by Gasteiger charge is 2.56. The number of ether oxygens (including phenoxy) is 3. The first-order valence-electron chi connectivity index (χ1n) is 9.74. The normalized spacial score (nSPS) is 36.2. The van der Waals surface area contributed by atoms with Crippen LogP contribution in [0.4, 0.5) is 0 Å². The van der Waals surface area contributed by atoms with E-state index in [0.717, 1.165) is 35.3 Å². The number of hydrogen-bond donors (Lipinski definition) is 1. The first-order chi connectivity index (χ1) is 12.3. The smallest absolute Gasteiger partial charge is 0.203 e. The third kappa shape index (κ3) is 2.93. The summed E-state index contributed by atoms with van der Waals surface area (Å²) in [7, 11) is 0. The first-order valence-corrected chi connectivity index (χ1v) is 9.74. The summed E-state index contributed by atoms with van der Waals surface area (Å²) in [6, 6.07) is 0. The largest absolute Gasteiger partial charge is 0.495 e. The lowest BCUT2D eigenvalue weighted by Crippen LogP contribution is -2.49. The molecule has 5 atom stereocenters. The number of hydrogen-bond acceptors (Lipinski definition) is 4. The number of allylic oxidation sites excluding steroid dienone is 3. The molecule has 1 fully saturated rings. The van der Waals surface area contributed by atoms with Gasteiger partial charge in [0.2, 0.25) is 6.29 Å². The van der Waals surface area contributed by atoms with Gasteiger partial charge in [0.1, 0.15) is 17.1 Å². The predicted molar refractivity (Wildman–Crippen MR) is 102 cm³/mol. The number of aliphatic hydroxyl groups is 1. The zero-order valence-electron chi connectivity index (χ0n) is 16.3. The van der Waals surface area contributed by atoms with Gasteiger partial charge in [0, 0.05) is 30.4 Å². The highest BCUT2D eigenvalue weighted by molar-refractivity contribution is 5.43. The van der Waals surface area contributed by atoms with Crippen molar-refractivity contribution >= 4 is 0 Å². The second-order valence-electron chi connectivity index (χ2n) is 7.70. The molecule has 0 aromatic rings. The highest BCUT2D eigenvalue weighted by atomic mass is 16.7. The molecule has 1 saturated carbocycles. The van der Waals surface area contributed by atoms with Crippen molar-refractivity contribution in [1.29, 1.82) is 0 Å². The molecule has 0 radical (unpaired) electrons. The number of fused-ring (bicyclic) bond motifs is 2. The molecule has 1 N–H and O–H groups in total. The minimum Gasteiger partial charge on any atom is -0.495 e.